The van der Waals surface area contributed by atoms with Crippen molar-refractivity contribution in [3.8, 4) is 0 Å². The Morgan fingerprint density at radius 2 is 1.96 bits per heavy atom. The van der Waals surface area contributed by atoms with E-state index in [0.29, 0.717) is 5.52 Å². The van der Waals surface area contributed by atoms with Gasteiger partial charge < -0.3 is 16.6 Å². The molecule has 0 bridgehead atoms. The van der Waals surface area contributed by atoms with E-state index in [1.54, 1.807) is 25.1 Å². The number of nitrogens with one attached hydrogen (secondary N) is 1. The number of pyridine rings is 1. The Kier molecular flexibility index (Phi) is 4.40. The van der Waals surface area contributed by atoms with Crippen molar-refractivity contribution in [3.63, 3.8) is 0 Å². The number of carbonyl (C=O) groups is 2. The Balaban J connectivity index is 0.00000208. The average molecular weight is 329 g/mol. The maximum atomic E-state index is 12.3. The van der Waals surface area contributed by atoms with E-state index in [0.717, 1.165) is 5.39 Å². The van der Waals surface area contributed by atoms with Crippen molar-refractivity contribution in [2.45, 2.75) is 26.3 Å². The maximum Gasteiger partial charge on any atom is 0.338 e. The van der Waals surface area contributed by atoms with Crippen LogP contribution in [0.1, 0.15) is 36.8 Å². The molecule has 6 N–H and O–H groups in total. The van der Waals surface area contributed by atoms with Gasteiger partial charge in [-0.05, 0) is 25.0 Å². The normalized spacial score (nSPS) is 19.8. The molecule has 3 rings (SSSR count). The highest BCUT2D eigenvalue weighted by molar-refractivity contribution is 6.18. The van der Waals surface area contributed by atoms with E-state index in [1.807, 2.05) is 26.0 Å². The topological polar surface area (TPSA) is 128 Å². The van der Waals surface area contributed by atoms with Crippen LogP contribution in [0.2, 0.25) is 0 Å². The summed E-state index contributed by atoms with van der Waals surface area (Å²) in [7, 11) is 0. The van der Waals surface area contributed by atoms with Gasteiger partial charge in [-0.15, -0.1) is 0 Å². The molecule has 1 aromatic carbocycles. The third-order valence-electron chi connectivity index (χ3n) is 4.34. The van der Waals surface area contributed by atoms with Crippen LogP contribution in [0.15, 0.2) is 35.3 Å². The molecular weight excluding hydrogens is 308 g/mol. The van der Waals surface area contributed by atoms with Gasteiger partial charge in [0.2, 0.25) is 0 Å². The number of quaternary nitrogens is 1. The first kappa shape index (κ1) is 17.6. The molecule has 1 aliphatic rings. The van der Waals surface area contributed by atoms with Crippen LogP contribution in [0.3, 0.4) is 0 Å². The number of rotatable bonds is 3. The quantitative estimate of drug-likeness (QED) is 0.799. The largest absolute Gasteiger partial charge is 0.478 e. The van der Waals surface area contributed by atoms with Gasteiger partial charge in [0.1, 0.15) is 11.2 Å². The monoisotopic (exact) mass is 329 g/mol. The fourth-order valence-electron chi connectivity index (χ4n) is 2.51. The minimum Gasteiger partial charge on any atom is -0.478 e. The van der Waals surface area contributed by atoms with E-state index < -0.39 is 11.5 Å². The van der Waals surface area contributed by atoms with Gasteiger partial charge >= 0.3 is 5.97 Å². The first-order valence-electron chi connectivity index (χ1n) is 7.37. The summed E-state index contributed by atoms with van der Waals surface area (Å²) in [6.45, 7) is 5.54. The Bertz CT molecular complexity index is 860. The highest BCUT2D eigenvalue weighted by Gasteiger charge is 2.43. The number of nitrogens with zero attached hydrogens (tertiary/aromatic N) is 2. The van der Waals surface area contributed by atoms with Gasteiger partial charge in [0.25, 0.3) is 5.91 Å². The molecule has 1 atom stereocenters. The molecule has 2 heterocycles. The number of amides is 1. The summed E-state index contributed by atoms with van der Waals surface area (Å²) in [6.07, 6.45) is 0. The summed E-state index contributed by atoms with van der Waals surface area (Å²) in [6, 6.07) is 8.79. The molecule has 7 heteroatoms. The molecule has 24 heavy (non-hydrogen) atoms. The Hall–Kier alpha value is -2.80. The lowest BCUT2D eigenvalue weighted by Gasteiger charge is -2.21. The summed E-state index contributed by atoms with van der Waals surface area (Å²) >= 11 is 0. The molecule has 7 nitrogen and oxygen atoms in total. The summed E-state index contributed by atoms with van der Waals surface area (Å²) in [4.78, 5) is 32.7. The lowest BCUT2D eigenvalue weighted by Crippen LogP contribution is -2.41. The van der Waals surface area contributed by atoms with Gasteiger partial charge in [-0.3, -0.25) is 4.79 Å². The fourth-order valence-corrected chi connectivity index (χ4v) is 2.51. The molecule has 1 unspecified atom stereocenters. The molecule has 2 aromatic rings. The number of amidine groups is 1. The highest BCUT2D eigenvalue weighted by Crippen LogP contribution is 2.28. The average Bonchev–Trinajstić information content (AvgIpc) is 2.82. The number of hydrogen-bond donors (Lipinski definition) is 3. The van der Waals surface area contributed by atoms with E-state index >= 15 is 0 Å². The van der Waals surface area contributed by atoms with Crippen molar-refractivity contribution in [2.24, 2.45) is 10.9 Å². The van der Waals surface area contributed by atoms with Gasteiger partial charge in [0, 0.05) is 5.39 Å². The van der Waals surface area contributed by atoms with Crippen LogP contribution in [-0.4, -0.2) is 33.3 Å². The van der Waals surface area contributed by atoms with Crippen molar-refractivity contribution >= 4 is 28.6 Å². The minimum absolute atomic E-state index is 0. The van der Waals surface area contributed by atoms with Crippen molar-refractivity contribution in [3.05, 3.63) is 41.6 Å². The smallest absolute Gasteiger partial charge is 0.338 e. The molecule has 1 aromatic heterocycles. The lowest BCUT2D eigenvalue weighted by molar-refractivity contribution is -0.124. The van der Waals surface area contributed by atoms with E-state index in [-0.39, 0.29) is 35.1 Å². The van der Waals surface area contributed by atoms with Gasteiger partial charge in [-0.2, -0.15) is 0 Å². The molecule has 0 saturated heterocycles. The minimum atomic E-state index is -1.10. The number of carbonyl (C=O) groups excluding carboxylic acids is 1. The number of hydrogen-bond acceptors (Lipinski definition) is 4. The van der Waals surface area contributed by atoms with Gasteiger partial charge in [-0.25, -0.2) is 14.8 Å². The second kappa shape index (κ2) is 6.01. The van der Waals surface area contributed by atoms with Crippen LogP contribution in [0.4, 0.5) is 0 Å². The maximum absolute atomic E-state index is 12.3. The van der Waals surface area contributed by atoms with Crippen LogP contribution in [0.5, 0.6) is 0 Å². The predicted molar refractivity (Wildman–Crippen MR) is 92.6 cm³/mol. The number of aliphatic imine (C=N–C) groups is 1. The highest BCUT2D eigenvalue weighted by atomic mass is 16.4. The first-order valence-corrected chi connectivity index (χ1v) is 7.37. The molecule has 1 amide bonds. The Labute approximate surface area is 139 Å². The van der Waals surface area contributed by atoms with Crippen LogP contribution >= 0.6 is 0 Å². The number of fused-ring (bicyclic) bond motifs is 1. The number of para-hydroxylation sites is 1. The molecule has 0 aliphatic carbocycles. The number of aromatic nitrogens is 1. The van der Waals surface area contributed by atoms with Crippen LogP contribution in [0.25, 0.3) is 10.9 Å². The molecule has 0 spiro atoms. The van der Waals surface area contributed by atoms with Crippen molar-refractivity contribution in [2.75, 3.05) is 0 Å². The van der Waals surface area contributed by atoms with Gasteiger partial charge in [0.15, 0.2) is 5.84 Å². The van der Waals surface area contributed by atoms with E-state index in [2.05, 4.69) is 15.3 Å². The lowest BCUT2D eigenvalue weighted by atomic mass is 9.89. The van der Waals surface area contributed by atoms with Crippen molar-refractivity contribution in [1.82, 2.24) is 16.5 Å². The predicted octanol–water partition coefficient (Wildman–Crippen LogP) is 2.60. The van der Waals surface area contributed by atoms with E-state index in [4.69, 9.17) is 0 Å². The van der Waals surface area contributed by atoms with Gasteiger partial charge in [0.05, 0.1) is 11.1 Å². The number of carboxylic acid groups (broad SMARTS) is 1. The molecule has 126 valence electrons. The third kappa shape index (κ3) is 2.63. The number of benzene rings is 1. The second-order valence-corrected chi connectivity index (χ2v) is 6.10. The summed E-state index contributed by atoms with van der Waals surface area (Å²) in [5, 5.41) is 12.9. The molecule has 0 radical (unpaired) electrons. The number of aromatic carboxylic acids is 1. The fraction of sp³-hybridized carbons (Fsp3) is 0.294. The van der Waals surface area contributed by atoms with Crippen molar-refractivity contribution < 1.29 is 14.7 Å². The molecule has 1 aliphatic heterocycles. The first-order chi connectivity index (χ1) is 10.8. The van der Waals surface area contributed by atoms with E-state index in [9.17, 15) is 14.7 Å². The summed E-state index contributed by atoms with van der Waals surface area (Å²) in [5.41, 5.74) is -0.0504. The van der Waals surface area contributed by atoms with Crippen LogP contribution in [0, 0.1) is 5.92 Å². The summed E-state index contributed by atoms with van der Waals surface area (Å²) in [5.74, 6) is -1.15. The number of carboxylic acids is 1. The SMILES string of the molecule is CC(C)C1(C)N=C(c2nc3ccccc3cc2C(=O)O)NC1=O.[NH4+]. The zero-order chi connectivity index (χ0) is 16.8. The zero-order valence-corrected chi connectivity index (χ0v) is 14.1. The van der Waals surface area contributed by atoms with E-state index in [1.165, 1.54) is 0 Å². The van der Waals surface area contributed by atoms with Gasteiger partial charge in [-0.1, -0.05) is 32.0 Å². The molecule has 0 fully saturated rings. The van der Waals surface area contributed by atoms with Crippen LogP contribution < -0.4 is 11.5 Å². The van der Waals surface area contributed by atoms with Crippen molar-refractivity contribution in [1.29, 1.82) is 0 Å². The zero-order valence-electron chi connectivity index (χ0n) is 14.1. The third-order valence-corrected chi connectivity index (χ3v) is 4.34. The molecule has 0 saturated carbocycles. The second-order valence-electron chi connectivity index (χ2n) is 6.10. The summed E-state index contributed by atoms with van der Waals surface area (Å²) < 4.78 is 0. The molecular formula is C17H21N4O3+. The standard InChI is InChI=1S/C17H17N3O3.H3N/c1-9(2)17(3)16(23)19-14(20-17)13-11(15(21)22)8-10-6-4-5-7-12(10)18-13;/h4-9H,1-3H3,(H,21,22)(H,19,20,23);1H3/p+1. The Morgan fingerprint density at radius 1 is 1.29 bits per heavy atom. The van der Waals surface area contributed by atoms with Crippen LogP contribution in [-0.2, 0) is 4.79 Å². The Morgan fingerprint density at radius 3 is 2.54 bits per heavy atom.